The van der Waals surface area contributed by atoms with Crippen molar-refractivity contribution in [2.45, 2.75) is 37.5 Å². The molecule has 0 aliphatic heterocycles. The Morgan fingerprint density at radius 2 is 1.92 bits per heavy atom. The maximum absolute atomic E-state index is 12.6. The van der Waals surface area contributed by atoms with Gasteiger partial charge in [-0.25, -0.2) is 4.79 Å². The van der Waals surface area contributed by atoms with Crippen molar-refractivity contribution in [3.05, 3.63) is 52.8 Å². The van der Waals surface area contributed by atoms with Crippen molar-refractivity contribution in [1.29, 1.82) is 0 Å². The minimum Gasteiger partial charge on any atom is -0.447 e. The van der Waals surface area contributed by atoms with Gasteiger partial charge in [0.2, 0.25) is 0 Å². The number of carbonyl (C=O) groups is 2. The Labute approximate surface area is 146 Å². The van der Waals surface area contributed by atoms with E-state index in [4.69, 9.17) is 10.5 Å². The number of nitrogens with two attached hydrogens (primary N) is 1. The summed E-state index contributed by atoms with van der Waals surface area (Å²) in [5, 5.41) is 6.61. The summed E-state index contributed by atoms with van der Waals surface area (Å²) in [5.41, 5.74) is 5.69. The smallest absolute Gasteiger partial charge is 0.416 e. The van der Waals surface area contributed by atoms with Crippen molar-refractivity contribution in [2.24, 2.45) is 5.73 Å². The summed E-state index contributed by atoms with van der Waals surface area (Å²) >= 11 is 0. The number of halogens is 3. The molecule has 1 unspecified atom stereocenters. The van der Waals surface area contributed by atoms with Gasteiger partial charge in [0, 0.05) is 18.0 Å². The normalized spacial score (nSPS) is 15.5. The number of ether oxygens (including phenoxy) is 1. The predicted molar refractivity (Wildman–Crippen MR) is 84.1 cm³/mol. The van der Waals surface area contributed by atoms with Gasteiger partial charge in [0.05, 0.1) is 5.56 Å². The number of amides is 1. The van der Waals surface area contributed by atoms with Crippen LogP contribution in [0.5, 0.6) is 0 Å². The Morgan fingerprint density at radius 1 is 1.27 bits per heavy atom. The van der Waals surface area contributed by atoms with Gasteiger partial charge in [-0.2, -0.15) is 18.3 Å². The molecule has 3 N–H and O–H groups in total. The lowest BCUT2D eigenvalue weighted by molar-refractivity contribution is -0.137. The van der Waals surface area contributed by atoms with Gasteiger partial charge in [0.15, 0.2) is 11.8 Å². The van der Waals surface area contributed by atoms with Crippen LogP contribution in [0.2, 0.25) is 0 Å². The molecule has 0 saturated heterocycles. The highest BCUT2D eigenvalue weighted by Gasteiger charge is 2.31. The summed E-state index contributed by atoms with van der Waals surface area (Å²) in [6.07, 6.45) is -3.84. The van der Waals surface area contributed by atoms with Crippen LogP contribution in [0.1, 0.15) is 46.1 Å². The number of alkyl halides is 3. The van der Waals surface area contributed by atoms with Crippen molar-refractivity contribution in [3.8, 4) is 0 Å². The van der Waals surface area contributed by atoms with Crippen LogP contribution in [0.3, 0.4) is 0 Å². The van der Waals surface area contributed by atoms with Crippen LogP contribution < -0.4 is 5.73 Å². The van der Waals surface area contributed by atoms with Crippen molar-refractivity contribution < 1.29 is 27.5 Å². The summed E-state index contributed by atoms with van der Waals surface area (Å²) in [4.78, 5) is 23.7. The van der Waals surface area contributed by atoms with E-state index in [1.807, 2.05) is 0 Å². The summed E-state index contributed by atoms with van der Waals surface area (Å²) < 4.78 is 42.8. The minimum absolute atomic E-state index is 0.0329. The minimum atomic E-state index is -4.45. The molecule has 1 atom stereocenters. The highest BCUT2D eigenvalue weighted by atomic mass is 19.4. The van der Waals surface area contributed by atoms with Gasteiger partial charge in [-0.15, -0.1) is 0 Å². The number of primary amides is 1. The van der Waals surface area contributed by atoms with Gasteiger partial charge >= 0.3 is 12.1 Å². The molecule has 0 bridgehead atoms. The largest absolute Gasteiger partial charge is 0.447 e. The second-order valence-corrected chi connectivity index (χ2v) is 6.18. The number of rotatable bonds is 6. The standard InChI is InChI=1S/C17H16F3N3O3/c18-17(19,20)11-5-1-9(2-6-11)7-14(15(21)24)26-16(25)13-8-12(22-23-13)10-3-4-10/h1-2,5-6,8,10,14H,3-4,7H2,(H2,21,24)(H,22,23). The second-order valence-electron chi connectivity index (χ2n) is 6.18. The fraction of sp³-hybridized carbons (Fsp3) is 0.353. The summed E-state index contributed by atoms with van der Waals surface area (Å²) in [6, 6.07) is 5.78. The van der Waals surface area contributed by atoms with Crippen LogP contribution >= 0.6 is 0 Å². The third-order valence-electron chi connectivity index (χ3n) is 4.09. The molecule has 0 spiro atoms. The topological polar surface area (TPSA) is 98.1 Å². The number of esters is 1. The van der Waals surface area contributed by atoms with E-state index >= 15 is 0 Å². The van der Waals surface area contributed by atoms with Gasteiger partial charge in [0.25, 0.3) is 5.91 Å². The van der Waals surface area contributed by atoms with Crippen LogP contribution in [0, 0.1) is 0 Å². The van der Waals surface area contributed by atoms with E-state index in [1.54, 1.807) is 6.07 Å². The first kappa shape index (κ1) is 18.0. The number of aromatic nitrogens is 2. The SMILES string of the molecule is NC(=O)C(Cc1ccc(C(F)(F)F)cc1)OC(=O)c1cc(C2CC2)[nH]n1. The zero-order valence-corrected chi connectivity index (χ0v) is 13.5. The van der Waals surface area contributed by atoms with Crippen LogP contribution in [-0.2, 0) is 22.1 Å². The number of nitrogens with one attached hydrogen (secondary N) is 1. The maximum atomic E-state index is 12.6. The lowest BCUT2D eigenvalue weighted by Crippen LogP contribution is -2.35. The Kier molecular flexibility index (Phi) is 4.71. The van der Waals surface area contributed by atoms with E-state index in [0.29, 0.717) is 11.5 Å². The molecule has 1 amide bonds. The van der Waals surface area contributed by atoms with Crippen LogP contribution in [0.15, 0.2) is 30.3 Å². The van der Waals surface area contributed by atoms with Crippen LogP contribution in [0.25, 0.3) is 0 Å². The Bertz CT molecular complexity index is 811. The number of H-pyrrole nitrogens is 1. The molecular formula is C17H16F3N3O3. The first-order valence-corrected chi connectivity index (χ1v) is 7.96. The van der Waals surface area contributed by atoms with Crippen LogP contribution in [-0.4, -0.2) is 28.2 Å². The van der Waals surface area contributed by atoms with Crippen molar-refractivity contribution in [1.82, 2.24) is 10.2 Å². The molecule has 26 heavy (non-hydrogen) atoms. The molecule has 1 heterocycles. The number of aromatic amines is 1. The number of carbonyl (C=O) groups excluding carboxylic acids is 2. The molecule has 0 radical (unpaired) electrons. The van der Waals surface area contributed by atoms with Gasteiger partial charge in [0.1, 0.15) is 0 Å². The molecule has 1 fully saturated rings. The Balaban J connectivity index is 1.66. The Morgan fingerprint density at radius 3 is 2.46 bits per heavy atom. The quantitative estimate of drug-likeness (QED) is 0.767. The average Bonchev–Trinajstić information content (AvgIpc) is 3.30. The van der Waals surface area contributed by atoms with E-state index in [0.717, 1.165) is 30.7 Å². The second kappa shape index (κ2) is 6.81. The van der Waals surface area contributed by atoms with Crippen molar-refractivity contribution >= 4 is 11.9 Å². The summed E-state index contributed by atoms with van der Waals surface area (Å²) in [7, 11) is 0. The number of hydrogen-bond acceptors (Lipinski definition) is 4. The third-order valence-corrected chi connectivity index (χ3v) is 4.09. The molecule has 1 aliphatic carbocycles. The zero-order valence-electron chi connectivity index (χ0n) is 13.5. The average molecular weight is 367 g/mol. The van der Waals surface area contributed by atoms with E-state index in [-0.39, 0.29) is 12.1 Å². The fourth-order valence-corrected chi connectivity index (χ4v) is 2.48. The summed E-state index contributed by atoms with van der Waals surface area (Å²) in [6.45, 7) is 0. The van der Waals surface area contributed by atoms with E-state index in [2.05, 4.69) is 10.2 Å². The molecule has 6 nitrogen and oxygen atoms in total. The predicted octanol–water partition coefficient (Wildman–Crippen LogP) is 2.56. The molecule has 9 heteroatoms. The number of nitrogens with zero attached hydrogens (tertiary/aromatic N) is 1. The Hall–Kier alpha value is -2.84. The fourth-order valence-electron chi connectivity index (χ4n) is 2.48. The number of hydrogen-bond donors (Lipinski definition) is 2. The van der Waals surface area contributed by atoms with E-state index < -0.39 is 29.7 Å². The lowest BCUT2D eigenvalue weighted by atomic mass is 10.1. The molecule has 2 aromatic rings. The van der Waals surface area contributed by atoms with Crippen molar-refractivity contribution in [3.63, 3.8) is 0 Å². The third kappa shape index (κ3) is 4.22. The highest BCUT2D eigenvalue weighted by molar-refractivity contribution is 5.90. The van der Waals surface area contributed by atoms with Gasteiger partial charge in [-0.3, -0.25) is 9.89 Å². The van der Waals surface area contributed by atoms with Gasteiger partial charge < -0.3 is 10.5 Å². The lowest BCUT2D eigenvalue weighted by Gasteiger charge is -2.14. The molecule has 1 aliphatic rings. The molecule has 3 rings (SSSR count). The highest BCUT2D eigenvalue weighted by Crippen LogP contribution is 2.39. The first-order valence-electron chi connectivity index (χ1n) is 7.96. The van der Waals surface area contributed by atoms with Crippen LogP contribution in [0.4, 0.5) is 13.2 Å². The van der Waals surface area contributed by atoms with Gasteiger partial charge in [-0.05, 0) is 36.6 Å². The number of benzene rings is 1. The maximum Gasteiger partial charge on any atom is 0.416 e. The molecule has 1 aromatic carbocycles. The monoisotopic (exact) mass is 367 g/mol. The molecular weight excluding hydrogens is 351 g/mol. The zero-order chi connectivity index (χ0) is 18.9. The first-order chi connectivity index (χ1) is 12.2. The molecule has 1 saturated carbocycles. The molecule has 1 aromatic heterocycles. The van der Waals surface area contributed by atoms with E-state index in [9.17, 15) is 22.8 Å². The van der Waals surface area contributed by atoms with Gasteiger partial charge in [-0.1, -0.05) is 12.1 Å². The van der Waals surface area contributed by atoms with E-state index in [1.165, 1.54) is 12.1 Å². The van der Waals surface area contributed by atoms with Crippen molar-refractivity contribution in [2.75, 3.05) is 0 Å². The summed E-state index contributed by atoms with van der Waals surface area (Å²) in [5.74, 6) is -1.34. The molecule has 138 valence electrons.